The molecule has 6 N–H and O–H groups in total. The third-order valence-corrected chi connectivity index (χ3v) is 4.29. The number of hydrogen-bond acceptors (Lipinski definition) is 9. The molecule has 0 aliphatic heterocycles. The summed E-state index contributed by atoms with van der Waals surface area (Å²) in [5.41, 5.74) is 10.4. The summed E-state index contributed by atoms with van der Waals surface area (Å²) in [6, 6.07) is 0. The fourth-order valence-corrected chi connectivity index (χ4v) is 2.44. The van der Waals surface area contributed by atoms with E-state index in [1.165, 1.54) is 10.9 Å². The average molecular weight is 352 g/mol. The standard InChI is InChI=1S/C14H20N6O5/c1-7-2-14(7,16)12(23)24-4-8(3-21)25-6-20-5-17-9-10(20)18-13(15)19-11(9)22/h5,7-8,21H,2-4,6,16H2,1H3,(H3,15,18,19,22). The zero-order valence-electron chi connectivity index (χ0n) is 13.6. The lowest BCUT2D eigenvalue weighted by molar-refractivity contribution is -0.153. The van der Waals surface area contributed by atoms with Gasteiger partial charge in [-0.05, 0) is 12.3 Å². The van der Waals surface area contributed by atoms with Crippen LogP contribution in [0.3, 0.4) is 0 Å². The molecule has 2 aromatic heterocycles. The summed E-state index contributed by atoms with van der Waals surface area (Å²) >= 11 is 0. The van der Waals surface area contributed by atoms with Crippen molar-refractivity contribution in [1.29, 1.82) is 0 Å². The van der Waals surface area contributed by atoms with Crippen molar-refractivity contribution >= 4 is 23.1 Å². The number of imidazole rings is 1. The highest BCUT2D eigenvalue weighted by atomic mass is 16.6. The summed E-state index contributed by atoms with van der Waals surface area (Å²) in [5, 5.41) is 9.38. The molecule has 1 saturated carbocycles. The number of anilines is 1. The number of aromatic nitrogens is 4. The van der Waals surface area contributed by atoms with Crippen molar-refractivity contribution in [2.45, 2.75) is 31.7 Å². The van der Waals surface area contributed by atoms with Gasteiger partial charge in [-0.1, -0.05) is 6.92 Å². The van der Waals surface area contributed by atoms with Gasteiger partial charge in [-0.3, -0.25) is 19.1 Å². The van der Waals surface area contributed by atoms with Crippen LogP contribution in [0.25, 0.3) is 11.2 Å². The number of carbonyl (C=O) groups excluding carboxylic acids is 1. The molecule has 1 fully saturated rings. The number of nitrogen functional groups attached to an aromatic ring is 1. The Morgan fingerprint density at radius 1 is 1.64 bits per heavy atom. The van der Waals surface area contributed by atoms with Crippen molar-refractivity contribution in [2.24, 2.45) is 11.7 Å². The molecule has 0 radical (unpaired) electrons. The van der Waals surface area contributed by atoms with Crippen molar-refractivity contribution in [3.8, 4) is 0 Å². The Balaban J connectivity index is 1.60. The molecule has 0 spiro atoms. The summed E-state index contributed by atoms with van der Waals surface area (Å²) in [7, 11) is 0. The summed E-state index contributed by atoms with van der Waals surface area (Å²) < 4.78 is 12.1. The van der Waals surface area contributed by atoms with Gasteiger partial charge in [-0.25, -0.2) is 4.98 Å². The lowest BCUT2D eigenvalue weighted by Crippen LogP contribution is -2.39. The van der Waals surface area contributed by atoms with Gasteiger partial charge in [0, 0.05) is 0 Å². The summed E-state index contributed by atoms with van der Waals surface area (Å²) in [6.45, 7) is 1.32. The zero-order chi connectivity index (χ0) is 18.2. The highest BCUT2D eigenvalue weighted by molar-refractivity contribution is 5.84. The number of aromatic amines is 1. The Kier molecular flexibility index (Phi) is 4.45. The van der Waals surface area contributed by atoms with E-state index in [1.807, 2.05) is 6.92 Å². The van der Waals surface area contributed by atoms with Gasteiger partial charge in [0.2, 0.25) is 5.95 Å². The van der Waals surface area contributed by atoms with Crippen LogP contribution < -0.4 is 17.0 Å². The number of nitrogens with two attached hydrogens (primary N) is 2. The van der Waals surface area contributed by atoms with Crippen LogP contribution in [0.15, 0.2) is 11.1 Å². The quantitative estimate of drug-likeness (QED) is 0.424. The van der Waals surface area contributed by atoms with Crippen LogP contribution in [0.4, 0.5) is 5.95 Å². The molecule has 0 bridgehead atoms. The number of H-pyrrole nitrogens is 1. The van der Waals surface area contributed by atoms with Crippen LogP contribution in [0.1, 0.15) is 13.3 Å². The first kappa shape index (κ1) is 17.3. The minimum atomic E-state index is -0.928. The predicted molar refractivity (Wildman–Crippen MR) is 86.2 cm³/mol. The maximum atomic E-state index is 11.9. The Morgan fingerprint density at radius 3 is 3.00 bits per heavy atom. The zero-order valence-corrected chi connectivity index (χ0v) is 13.6. The number of rotatable bonds is 7. The third kappa shape index (κ3) is 3.34. The van der Waals surface area contributed by atoms with Gasteiger partial charge in [0.1, 0.15) is 25.0 Å². The van der Waals surface area contributed by atoms with E-state index in [1.54, 1.807) is 0 Å². The van der Waals surface area contributed by atoms with E-state index in [2.05, 4.69) is 15.0 Å². The molecule has 0 amide bonds. The first-order valence-electron chi connectivity index (χ1n) is 7.74. The van der Waals surface area contributed by atoms with Crippen LogP contribution in [0, 0.1) is 5.92 Å². The Hall–Kier alpha value is -2.50. The topological polar surface area (TPSA) is 171 Å². The first-order chi connectivity index (χ1) is 11.8. The van der Waals surface area contributed by atoms with Crippen LogP contribution in [-0.4, -0.2) is 55.5 Å². The average Bonchev–Trinajstić information content (AvgIpc) is 3.00. The molecule has 11 heteroatoms. The molecule has 0 aromatic carbocycles. The number of fused-ring (bicyclic) bond motifs is 1. The van der Waals surface area contributed by atoms with E-state index in [9.17, 15) is 14.7 Å². The van der Waals surface area contributed by atoms with E-state index in [4.69, 9.17) is 20.9 Å². The molecule has 2 aromatic rings. The molecule has 25 heavy (non-hydrogen) atoms. The second-order valence-electron chi connectivity index (χ2n) is 6.18. The Bertz CT molecular complexity index is 848. The van der Waals surface area contributed by atoms with Gasteiger partial charge >= 0.3 is 5.97 Å². The fourth-order valence-electron chi connectivity index (χ4n) is 2.44. The van der Waals surface area contributed by atoms with E-state index < -0.39 is 23.2 Å². The molecule has 3 atom stereocenters. The van der Waals surface area contributed by atoms with E-state index in [-0.39, 0.29) is 43.0 Å². The number of nitrogens with zero attached hydrogens (tertiary/aromatic N) is 3. The number of nitrogens with one attached hydrogen (secondary N) is 1. The highest BCUT2D eigenvalue weighted by Gasteiger charge is 2.55. The van der Waals surface area contributed by atoms with Gasteiger partial charge < -0.3 is 26.0 Å². The van der Waals surface area contributed by atoms with Crippen LogP contribution in [0.2, 0.25) is 0 Å². The van der Waals surface area contributed by atoms with Gasteiger partial charge in [0.15, 0.2) is 11.2 Å². The Morgan fingerprint density at radius 2 is 2.36 bits per heavy atom. The maximum Gasteiger partial charge on any atom is 0.326 e. The number of hydrogen-bond donors (Lipinski definition) is 4. The van der Waals surface area contributed by atoms with Crippen molar-refractivity contribution in [3.05, 3.63) is 16.7 Å². The van der Waals surface area contributed by atoms with Crippen molar-refractivity contribution < 1.29 is 19.4 Å². The summed E-state index contributed by atoms with van der Waals surface area (Å²) in [4.78, 5) is 33.9. The van der Waals surface area contributed by atoms with E-state index in [0.29, 0.717) is 6.42 Å². The van der Waals surface area contributed by atoms with Crippen LogP contribution in [0.5, 0.6) is 0 Å². The van der Waals surface area contributed by atoms with Gasteiger partial charge in [-0.15, -0.1) is 0 Å². The van der Waals surface area contributed by atoms with Crippen molar-refractivity contribution in [2.75, 3.05) is 18.9 Å². The molecular formula is C14H20N6O5. The van der Waals surface area contributed by atoms with Gasteiger partial charge in [0.25, 0.3) is 5.56 Å². The lowest BCUT2D eigenvalue weighted by atomic mass is 10.2. The van der Waals surface area contributed by atoms with E-state index >= 15 is 0 Å². The maximum absolute atomic E-state index is 11.9. The number of carbonyl (C=O) groups is 1. The number of ether oxygens (including phenoxy) is 2. The second kappa shape index (κ2) is 6.43. The normalized spacial score (nSPS) is 23.6. The summed E-state index contributed by atoms with van der Waals surface area (Å²) in [6.07, 6.45) is 1.20. The number of aliphatic hydroxyl groups excluding tert-OH is 1. The van der Waals surface area contributed by atoms with Crippen LogP contribution >= 0.6 is 0 Å². The summed E-state index contributed by atoms with van der Waals surface area (Å²) in [5.74, 6) is -0.463. The largest absolute Gasteiger partial charge is 0.461 e. The minimum absolute atomic E-state index is 0.0429. The predicted octanol–water partition coefficient (Wildman–Crippen LogP) is -1.68. The highest BCUT2D eigenvalue weighted by Crippen LogP contribution is 2.41. The number of esters is 1. The van der Waals surface area contributed by atoms with Crippen LogP contribution in [-0.2, 0) is 21.0 Å². The van der Waals surface area contributed by atoms with Crippen molar-refractivity contribution in [1.82, 2.24) is 19.5 Å². The first-order valence-corrected chi connectivity index (χ1v) is 7.74. The smallest absolute Gasteiger partial charge is 0.326 e. The fraction of sp³-hybridized carbons (Fsp3) is 0.571. The molecule has 2 heterocycles. The molecule has 11 nitrogen and oxygen atoms in total. The minimum Gasteiger partial charge on any atom is -0.461 e. The second-order valence-corrected chi connectivity index (χ2v) is 6.18. The Labute approximate surface area is 141 Å². The lowest BCUT2D eigenvalue weighted by Gasteiger charge is -2.17. The van der Waals surface area contributed by atoms with E-state index in [0.717, 1.165) is 0 Å². The SMILES string of the molecule is CC1CC1(N)C(=O)OCC(CO)OCn1cnc2c(=O)[nH]c(N)nc21. The molecular weight excluding hydrogens is 332 g/mol. The van der Waals surface area contributed by atoms with Crippen molar-refractivity contribution in [3.63, 3.8) is 0 Å². The molecule has 3 rings (SSSR count). The monoisotopic (exact) mass is 352 g/mol. The molecule has 1 aliphatic rings. The van der Waals surface area contributed by atoms with Gasteiger partial charge in [0.05, 0.1) is 12.9 Å². The molecule has 0 saturated heterocycles. The number of aliphatic hydroxyl groups is 1. The molecule has 136 valence electrons. The van der Waals surface area contributed by atoms with Gasteiger partial charge in [-0.2, -0.15) is 4.98 Å². The molecule has 3 unspecified atom stereocenters. The third-order valence-electron chi connectivity index (χ3n) is 4.29. The molecule has 1 aliphatic carbocycles.